The van der Waals surface area contributed by atoms with E-state index in [1.807, 2.05) is 12.1 Å². The van der Waals surface area contributed by atoms with Gasteiger partial charge in [0.05, 0.1) is 18.7 Å². The molecule has 2 fully saturated rings. The van der Waals surface area contributed by atoms with Crippen LogP contribution in [0.3, 0.4) is 0 Å². The van der Waals surface area contributed by atoms with Crippen LogP contribution < -0.4 is 9.64 Å². The Labute approximate surface area is 179 Å². The number of para-hydroxylation sites is 2. The second-order valence-corrected chi connectivity index (χ2v) is 7.77. The summed E-state index contributed by atoms with van der Waals surface area (Å²) in [5.74, 6) is 0.0794. The minimum Gasteiger partial charge on any atom is -0.495 e. The number of anilines is 1. The van der Waals surface area contributed by atoms with Crippen LogP contribution in [-0.2, 0) is 14.3 Å². The Balaban J connectivity index is 1.43. The fraction of sp³-hybridized carbons (Fsp3) is 0.619. The molecule has 2 aliphatic rings. The first-order valence-electron chi connectivity index (χ1n) is 10.4. The summed E-state index contributed by atoms with van der Waals surface area (Å²) in [5.41, 5.74) is 0.669. The number of ether oxygens (including phenoxy) is 2. The van der Waals surface area contributed by atoms with Crippen molar-refractivity contribution in [1.29, 1.82) is 0 Å². The second-order valence-electron chi connectivity index (χ2n) is 7.77. The largest absolute Gasteiger partial charge is 0.495 e. The molecule has 1 aromatic carbocycles. The number of carbonyl (C=O) groups excluding carboxylic acids is 2. The first kappa shape index (κ1) is 23.3. The third kappa shape index (κ3) is 6.33. The van der Waals surface area contributed by atoms with Crippen molar-refractivity contribution in [3.63, 3.8) is 0 Å². The summed E-state index contributed by atoms with van der Waals surface area (Å²) in [4.78, 5) is 31.0. The molecule has 2 aliphatic heterocycles. The van der Waals surface area contributed by atoms with Crippen LogP contribution in [0.25, 0.3) is 0 Å². The van der Waals surface area contributed by atoms with E-state index in [1.54, 1.807) is 29.0 Å². The van der Waals surface area contributed by atoms with Crippen LogP contribution in [0, 0.1) is 5.92 Å². The third-order valence-corrected chi connectivity index (χ3v) is 5.56. The van der Waals surface area contributed by atoms with Crippen LogP contribution in [-0.4, -0.2) is 87.4 Å². The fourth-order valence-corrected chi connectivity index (χ4v) is 3.99. The van der Waals surface area contributed by atoms with E-state index in [9.17, 15) is 22.8 Å². The normalized spacial score (nSPS) is 20.4. The van der Waals surface area contributed by atoms with Crippen molar-refractivity contribution in [3.8, 4) is 5.75 Å². The maximum Gasteiger partial charge on any atom is 0.411 e. The van der Waals surface area contributed by atoms with Gasteiger partial charge < -0.3 is 19.3 Å². The Kier molecular flexibility index (Phi) is 7.77. The van der Waals surface area contributed by atoms with Gasteiger partial charge in [0.2, 0.25) is 11.8 Å². The molecule has 2 amide bonds. The van der Waals surface area contributed by atoms with Crippen LogP contribution in [0.2, 0.25) is 0 Å². The predicted molar refractivity (Wildman–Crippen MR) is 108 cm³/mol. The Bertz CT molecular complexity index is 766. The number of carbonyl (C=O) groups is 2. The van der Waals surface area contributed by atoms with Crippen molar-refractivity contribution >= 4 is 17.5 Å². The van der Waals surface area contributed by atoms with Gasteiger partial charge in [-0.25, -0.2) is 0 Å². The molecular weight excluding hydrogens is 415 g/mol. The van der Waals surface area contributed by atoms with Crippen molar-refractivity contribution in [1.82, 2.24) is 9.80 Å². The molecular formula is C21H28F3N3O4. The van der Waals surface area contributed by atoms with Gasteiger partial charge in [0.15, 0.2) is 0 Å². The van der Waals surface area contributed by atoms with Crippen molar-refractivity contribution in [2.24, 2.45) is 5.92 Å². The molecule has 0 aromatic heterocycles. The monoisotopic (exact) mass is 443 g/mol. The van der Waals surface area contributed by atoms with Gasteiger partial charge in [-0.05, 0) is 18.6 Å². The van der Waals surface area contributed by atoms with Gasteiger partial charge in [-0.3, -0.25) is 14.5 Å². The highest BCUT2D eigenvalue weighted by Crippen LogP contribution is 2.33. The maximum absolute atomic E-state index is 12.9. The van der Waals surface area contributed by atoms with Crippen molar-refractivity contribution in [2.75, 3.05) is 64.5 Å². The van der Waals surface area contributed by atoms with E-state index in [0.29, 0.717) is 57.1 Å². The number of amides is 2. The number of hydrogen-bond donors (Lipinski definition) is 0. The molecule has 2 heterocycles. The highest BCUT2D eigenvalue weighted by atomic mass is 19.4. The van der Waals surface area contributed by atoms with Crippen molar-refractivity contribution in [3.05, 3.63) is 24.3 Å². The third-order valence-electron chi connectivity index (χ3n) is 5.56. The molecule has 172 valence electrons. The number of alkyl halides is 3. The summed E-state index contributed by atoms with van der Waals surface area (Å²) in [7, 11) is 1.55. The molecule has 1 aromatic rings. The lowest BCUT2D eigenvalue weighted by Gasteiger charge is -2.35. The lowest BCUT2D eigenvalue weighted by atomic mass is 10.1. The van der Waals surface area contributed by atoms with Crippen LogP contribution in [0.4, 0.5) is 18.9 Å². The van der Waals surface area contributed by atoms with E-state index in [0.717, 1.165) is 0 Å². The SMILES string of the molecule is COc1ccccc1N1C[C@H](C(=O)N2CCN(CCCOCC(F)(F)F)CC2)CC1=O. The predicted octanol–water partition coefficient (Wildman–Crippen LogP) is 2.16. The van der Waals surface area contributed by atoms with Gasteiger partial charge in [0.1, 0.15) is 12.4 Å². The van der Waals surface area contributed by atoms with E-state index in [2.05, 4.69) is 9.64 Å². The molecule has 0 aliphatic carbocycles. The average Bonchev–Trinajstić information content (AvgIpc) is 3.14. The summed E-state index contributed by atoms with van der Waals surface area (Å²) in [6.07, 6.45) is -3.61. The molecule has 0 N–H and O–H groups in total. The number of piperazine rings is 1. The van der Waals surface area contributed by atoms with Gasteiger partial charge in [0, 0.05) is 52.3 Å². The number of methoxy groups -OCH3 is 1. The summed E-state index contributed by atoms with van der Waals surface area (Å²) < 4.78 is 46.2. The molecule has 0 saturated carbocycles. The van der Waals surface area contributed by atoms with Crippen molar-refractivity contribution < 1.29 is 32.2 Å². The van der Waals surface area contributed by atoms with E-state index in [-0.39, 0.29) is 30.8 Å². The van der Waals surface area contributed by atoms with Gasteiger partial charge in [0.25, 0.3) is 0 Å². The molecule has 0 unspecified atom stereocenters. The maximum atomic E-state index is 12.9. The molecule has 10 heteroatoms. The zero-order valence-corrected chi connectivity index (χ0v) is 17.6. The minimum atomic E-state index is -4.30. The zero-order chi connectivity index (χ0) is 22.4. The van der Waals surface area contributed by atoms with E-state index < -0.39 is 12.8 Å². The quantitative estimate of drug-likeness (QED) is 0.577. The first-order valence-corrected chi connectivity index (χ1v) is 10.4. The first-order chi connectivity index (χ1) is 14.8. The summed E-state index contributed by atoms with van der Waals surface area (Å²) >= 11 is 0. The van der Waals surface area contributed by atoms with Gasteiger partial charge in [-0.2, -0.15) is 13.2 Å². The van der Waals surface area contributed by atoms with Gasteiger partial charge in [-0.1, -0.05) is 12.1 Å². The second kappa shape index (κ2) is 10.3. The molecule has 1 atom stereocenters. The number of halogens is 3. The molecule has 3 rings (SSSR count). The number of hydrogen-bond acceptors (Lipinski definition) is 5. The molecule has 0 radical (unpaired) electrons. The summed E-state index contributed by atoms with van der Waals surface area (Å²) in [6, 6.07) is 7.24. The Morgan fingerprint density at radius 2 is 1.87 bits per heavy atom. The molecule has 7 nitrogen and oxygen atoms in total. The van der Waals surface area contributed by atoms with Crippen LogP contribution in [0.5, 0.6) is 5.75 Å². The zero-order valence-electron chi connectivity index (χ0n) is 17.6. The molecule has 0 spiro atoms. The van der Waals surface area contributed by atoms with E-state index >= 15 is 0 Å². The lowest BCUT2D eigenvalue weighted by Crippen LogP contribution is -2.50. The molecule has 2 saturated heterocycles. The Morgan fingerprint density at radius 1 is 1.16 bits per heavy atom. The molecule has 31 heavy (non-hydrogen) atoms. The fourth-order valence-electron chi connectivity index (χ4n) is 3.99. The number of nitrogens with zero attached hydrogens (tertiary/aromatic N) is 3. The van der Waals surface area contributed by atoms with Crippen LogP contribution in [0.1, 0.15) is 12.8 Å². The van der Waals surface area contributed by atoms with Crippen LogP contribution in [0.15, 0.2) is 24.3 Å². The van der Waals surface area contributed by atoms with E-state index in [4.69, 9.17) is 4.74 Å². The highest BCUT2D eigenvalue weighted by Gasteiger charge is 2.38. The Morgan fingerprint density at radius 3 is 2.55 bits per heavy atom. The average molecular weight is 443 g/mol. The van der Waals surface area contributed by atoms with Crippen molar-refractivity contribution in [2.45, 2.75) is 19.0 Å². The topological polar surface area (TPSA) is 62.3 Å². The number of rotatable bonds is 8. The van der Waals surface area contributed by atoms with Gasteiger partial charge in [-0.15, -0.1) is 0 Å². The van der Waals surface area contributed by atoms with Crippen LogP contribution >= 0.6 is 0 Å². The number of benzene rings is 1. The summed E-state index contributed by atoms with van der Waals surface area (Å²) in [6.45, 7) is 2.19. The van der Waals surface area contributed by atoms with E-state index in [1.165, 1.54) is 0 Å². The standard InChI is InChI=1S/C21H28F3N3O4/c1-30-18-6-3-2-5-17(18)27-14-16(13-19(27)28)20(29)26-10-8-25(9-11-26)7-4-12-31-15-21(22,23)24/h2-3,5-6,16H,4,7-15H2,1H3/t16-/m1/s1. The smallest absolute Gasteiger partial charge is 0.411 e. The summed E-state index contributed by atoms with van der Waals surface area (Å²) in [5, 5.41) is 0. The Hall–Kier alpha value is -2.33. The lowest BCUT2D eigenvalue weighted by molar-refractivity contribution is -0.174. The highest BCUT2D eigenvalue weighted by molar-refractivity contribution is 6.01. The minimum absolute atomic E-state index is 0.0288. The van der Waals surface area contributed by atoms with Gasteiger partial charge >= 0.3 is 6.18 Å². The molecule has 0 bridgehead atoms.